The maximum atomic E-state index is 13.5. The topological polar surface area (TPSA) is 55.4 Å². The molecule has 9 heteroatoms. The van der Waals surface area contributed by atoms with Gasteiger partial charge in [-0.25, -0.2) is 13.6 Å². The van der Waals surface area contributed by atoms with E-state index in [4.69, 9.17) is 27.9 Å². The van der Waals surface area contributed by atoms with Crippen LogP contribution in [0.4, 0.5) is 14.5 Å². The summed E-state index contributed by atoms with van der Waals surface area (Å²) in [5.74, 6) is -3.14. The van der Waals surface area contributed by atoms with Crippen LogP contribution in [0.1, 0.15) is 9.67 Å². The monoisotopic (exact) mass is 415 g/mol. The highest BCUT2D eigenvalue weighted by Gasteiger charge is 2.20. The van der Waals surface area contributed by atoms with Crippen molar-refractivity contribution in [2.24, 2.45) is 0 Å². The molecule has 0 radical (unpaired) electrons. The number of thiophene rings is 1. The molecule has 0 atom stereocenters. The van der Waals surface area contributed by atoms with Gasteiger partial charge in [-0.05, 0) is 24.3 Å². The standard InChI is InChI=1S/C17H9Cl2F2NO3S/c18-8-1-3-10-13(5-8)26-16(15(10)19)17(24)25-7-14(23)22-12-6-9(20)2-4-11(12)21/h1-6H,7H2,(H,22,23). The van der Waals surface area contributed by atoms with Crippen molar-refractivity contribution in [1.29, 1.82) is 0 Å². The Kier molecular flexibility index (Phi) is 5.41. The Labute approximate surface area is 160 Å². The average molecular weight is 416 g/mol. The van der Waals surface area contributed by atoms with Gasteiger partial charge in [0.05, 0.1) is 10.7 Å². The number of ether oxygens (including phenoxy) is 1. The van der Waals surface area contributed by atoms with Crippen LogP contribution in [0.5, 0.6) is 0 Å². The molecule has 0 saturated carbocycles. The summed E-state index contributed by atoms with van der Waals surface area (Å²) in [5.41, 5.74) is -0.347. The van der Waals surface area contributed by atoms with Crippen LogP contribution < -0.4 is 5.32 Å². The molecular formula is C17H9Cl2F2NO3S. The largest absolute Gasteiger partial charge is 0.451 e. The molecule has 3 rings (SSSR count). The molecule has 0 aliphatic heterocycles. The van der Waals surface area contributed by atoms with Gasteiger partial charge < -0.3 is 10.1 Å². The van der Waals surface area contributed by atoms with Crippen LogP contribution in [0.15, 0.2) is 36.4 Å². The van der Waals surface area contributed by atoms with Crippen LogP contribution in [0.3, 0.4) is 0 Å². The van der Waals surface area contributed by atoms with Gasteiger partial charge in [0.2, 0.25) is 0 Å². The lowest BCUT2D eigenvalue weighted by molar-refractivity contribution is -0.119. The Hall–Kier alpha value is -2.22. The molecule has 0 bridgehead atoms. The maximum Gasteiger partial charge on any atom is 0.350 e. The molecule has 4 nitrogen and oxygen atoms in total. The summed E-state index contributed by atoms with van der Waals surface area (Å²) in [6.07, 6.45) is 0. The van der Waals surface area contributed by atoms with Crippen molar-refractivity contribution in [2.75, 3.05) is 11.9 Å². The number of nitrogens with one attached hydrogen (secondary N) is 1. The number of anilines is 1. The number of amides is 1. The lowest BCUT2D eigenvalue weighted by Crippen LogP contribution is -2.21. The Morgan fingerprint density at radius 1 is 1.12 bits per heavy atom. The molecular weight excluding hydrogens is 407 g/mol. The second-order valence-electron chi connectivity index (χ2n) is 5.13. The summed E-state index contributed by atoms with van der Waals surface area (Å²) < 4.78 is 32.2. The number of hydrogen-bond donors (Lipinski definition) is 1. The van der Waals surface area contributed by atoms with Gasteiger partial charge >= 0.3 is 5.97 Å². The summed E-state index contributed by atoms with van der Waals surface area (Å²) in [6, 6.07) is 7.58. The number of esters is 1. The van der Waals surface area contributed by atoms with E-state index in [-0.39, 0.29) is 15.6 Å². The van der Waals surface area contributed by atoms with E-state index in [1.54, 1.807) is 18.2 Å². The van der Waals surface area contributed by atoms with Gasteiger partial charge in [-0.1, -0.05) is 29.3 Å². The molecule has 0 spiro atoms. The molecule has 0 unspecified atom stereocenters. The maximum absolute atomic E-state index is 13.5. The third-order valence-corrected chi connectivity index (χ3v) is 5.19. The SMILES string of the molecule is O=C(COC(=O)c1sc2cc(Cl)ccc2c1Cl)Nc1cc(F)ccc1F. The zero-order valence-electron chi connectivity index (χ0n) is 12.8. The van der Waals surface area contributed by atoms with Crippen LogP contribution in [0, 0.1) is 11.6 Å². The summed E-state index contributed by atoms with van der Waals surface area (Å²) in [6.45, 7) is -0.680. The number of halogens is 4. The summed E-state index contributed by atoms with van der Waals surface area (Å²) >= 11 is 13.1. The lowest BCUT2D eigenvalue weighted by Gasteiger charge is -2.07. The highest BCUT2D eigenvalue weighted by molar-refractivity contribution is 7.21. The molecule has 1 N–H and O–H groups in total. The first-order valence-corrected chi connectivity index (χ1v) is 8.72. The Morgan fingerprint density at radius 2 is 1.88 bits per heavy atom. The summed E-state index contributed by atoms with van der Waals surface area (Å²) in [7, 11) is 0. The molecule has 26 heavy (non-hydrogen) atoms. The van der Waals surface area contributed by atoms with Crippen LogP contribution in [0.2, 0.25) is 10.0 Å². The Morgan fingerprint density at radius 3 is 2.65 bits per heavy atom. The van der Waals surface area contributed by atoms with Crippen LogP contribution in [-0.4, -0.2) is 18.5 Å². The fraction of sp³-hybridized carbons (Fsp3) is 0.0588. The van der Waals surface area contributed by atoms with Crippen LogP contribution >= 0.6 is 34.5 Å². The van der Waals surface area contributed by atoms with Gasteiger partial charge in [0.1, 0.15) is 16.5 Å². The van der Waals surface area contributed by atoms with E-state index in [1.165, 1.54) is 0 Å². The van der Waals surface area contributed by atoms with E-state index >= 15 is 0 Å². The number of carbonyl (C=O) groups excluding carboxylic acids is 2. The van der Waals surface area contributed by atoms with E-state index in [0.29, 0.717) is 15.1 Å². The van der Waals surface area contributed by atoms with Gasteiger partial charge in [-0.3, -0.25) is 4.79 Å². The first-order valence-electron chi connectivity index (χ1n) is 7.14. The van der Waals surface area contributed by atoms with Crippen molar-refractivity contribution in [3.63, 3.8) is 0 Å². The number of benzene rings is 2. The second kappa shape index (κ2) is 7.57. The van der Waals surface area contributed by atoms with Gasteiger partial charge in [0.25, 0.3) is 5.91 Å². The fourth-order valence-corrected chi connectivity index (χ4v) is 3.82. The van der Waals surface area contributed by atoms with Crippen molar-refractivity contribution in [3.05, 3.63) is 63.0 Å². The average Bonchev–Trinajstić information content (AvgIpc) is 2.92. The molecule has 1 amide bonds. The molecule has 1 heterocycles. The smallest absolute Gasteiger partial charge is 0.350 e. The van der Waals surface area contributed by atoms with E-state index in [9.17, 15) is 18.4 Å². The van der Waals surface area contributed by atoms with Crippen molar-refractivity contribution in [2.45, 2.75) is 0 Å². The van der Waals surface area contributed by atoms with E-state index in [0.717, 1.165) is 29.5 Å². The minimum Gasteiger partial charge on any atom is -0.451 e. The zero-order chi connectivity index (χ0) is 18.8. The number of hydrogen-bond acceptors (Lipinski definition) is 4. The minimum atomic E-state index is -0.817. The van der Waals surface area contributed by atoms with Crippen molar-refractivity contribution < 1.29 is 23.1 Å². The summed E-state index contributed by atoms with van der Waals surface area (Å²) in [5, 5.41) is 3.46. The van der Waals surface area contributed by atoms with Gasteiger partial charge in [-0.15, -0.1) is 11.3 Å². The zero-order valence-corrected chi connectivity index (χ0v) is 15.1. The summed E-state index contributed by atoms with van der Waals surface area (Å²) in [4.78, 5) is 24.1. The van der Waals surface area contributed by atoms with Crippen molar-refractivity contribution >= 4 is 62.2 Å². The van der Waals surface area contributed by atoms with Crippen molar-refractivity contribution in [1.82, 2.24) is 0 Å². The fourth-order valence-electron chi connectivity index (χ4n) is 2.15. The normalized spacial score (nSPS) is 10.8. The molecule has 0 aliphatic rings. The van der Waals surface area contributed by atoms with E-state index < -0.39 is 30.1 Å². The number of rotatable bonds is 4. The molecule has 3 aromatic rings. The molecule has 134 valence electrons. The van der Waals surface area contributed by atoms with Gasteiger partial charge in [-0.2, -0.15) is 0 Å². The van der Waals surface area contributed by atoms with Crippen molar-refractivity contribution in [3.8, 4) is 0 Å². The quantitative estimate of drug-likeness (QED) is 0.589. The second-order valence-corrected chi connectivity index (χ2v) is 7.00. The van der Waals surface area contributed by atoms with Crippen LogP contribution in [-0.2, 0) is 9.53 Å². The van der Waals surface area contributed by atoms with Gasteiger partial charge in [0, 0.05) is 21.2 Å². The highest BCUT2D eigenvalue weighted by atomic mass is 35.5. The number of carbonyl (C=O) groups is 2. The van der Waals surface area contributed by atoms with E-state index in [2.05, 4.69) is 5.32 Å². The molecule has 0 fully saturated rings. The van der Waals surface area contributed by atoms with Crippen LogP contribution in [0.25, 0.3) is 10.1 Å². The Bertz CT molecular complexity index is 1020. The first-order chi connectivity index (χ1) is 12.3. The number of fused-ring (bicyclic) bond motifs is 1. The highest BCUT2D eigenvalue weighted by Crippen LogP contribution is 2.37. The Balaban J connectivity index is 1.68. The minimum absolute atomic E-state index is 0.119. The predicted molar refractivity (Wildman–Crippen MR) is 97.1 cm³/mol. The third kappa shape index (κ3) is 3.95. The molecule has 0 saturated heterocycles. The first kappa shape index (κ1) is 18.6. The molecule has 1 aromatic heterocycles. The lowest BCUT2D eigenvalue weighted by atomic mass is 10.2. The van der Waals surface area contributed by atoms with E-state index in [1.807, 2.05) is 0 Å². The molecule has 2 aromatic carbocycles. The molecule has 0 aliphatic carbocycles. The third-order valence-electron chi connectivity index (χ3n) is 3.31. The predicted octanol–water partition coefficient (Wildman–Crippen LogP) is 5.28. The van der Waals surface area contributed by atoms with Gasteiger partial charge in [0.15, 0.2) is 6.61 Å².